The van der Waals surface area contributed by atoms with E-state index in [1.54, 1.807) is 0 Å². The van der Waals surface area contributed by atoms with Crippen LogP contribution in [0.2, 0.25) is 0 Å². The van der Waals surface area contributed by atoms with Crippen molar-refractivity contribution < 1.29 is 4.79 Å². The number of nitrogens with one attached hydrogen (secondary N) is 1. The second kappa shape index (κ2) is 5.38. The molecule has 0 aromatic heterocycles. The molecule has 2 saturated heterocycles. The summed E-state index contributed by atoms with van der Waals surface area (Å²) in [4.78, 5) is 14.9. The normalized spacial score (nSPS) is 29.8. The number of hydrogen-bond donors (Lipinski definition) is 1. The van der Waals surface area contributed by atoms with Crippen molar-refractivity contribution in [1.29, 1.82) is 0 Å². The molecule has 2 aliphatic heterocycles. The smallest absolute Gasteiger partial charge is 0.226 e. The molecule has 3 fully saturated rings. The standard InChI is InChI=1S/C19H26N2O/c1-14-4-2-3-5-15(14)16-12-17(16)18(22)21-10-7-19(8-11-21)6-9-20-13-19/h2-5,16-17,20H,6-13H2,1H3. The largest absolute Gasteiger partial charge is 0.342 e. The van der Waals surface area contributed by atoms with Gasteiger partial charge in [0.05, 0.1) is 0 Å². The first-order chi connectivity index (χ1) is 10.7. The summed E-state index contributed by atoms with van der Waals surface area (Å²) in [6.07, 6.45) is 4.72. The highest BCUT2D eigenvalue weighted by Crippen LogP contribution is 2.50. The maximum absolute atomic E-state index is 12.8. The molecule has 2 atom stereocenters. The van der Waals surface area contributed by atoms with E-state index in [1.165, 1.54) is 30.4 Å². The average Bonchev–Trinajstić information content (AvgIpc) is 3.21. The Bertz CT molecular complexity index is 567. The van der Waals surface area contributed by atoms with Crippen LogP contribution in [0.3, 0.4) is 0 Å². The number of aryl methyl sites for hydroxylation is 1. The van der Waals surface area contributed by atoms with E-state index in [2.05, 4.69) is 41.4 Å². The lowest BCUT2D eigenvalue weighted by atomic mass is 9.78. The number of likely N-dealkylation sites (tertiary alicyclic amines) is 1. The van der Waals surface area contributed by atoms with E-state index in [4.69, 9.17) is 0 Å². The number of carbonyl (C=O) groups excluding carboxylic acids is 1. The Hall–Kier alpha value is -1.35. The van der Waals surface area contributed by atoms with Crippen molar-refractivity contribution in [2.24, 2.45) is 11.3 Å². The first-order valence-electron chi connectivity index (χ1n) is 8.74. The fraction of sp³-hybridized carbons (Fsp3) is 0.632. The molecule has 4 rings (SSSR count). The number of benzene rings is 1. The van der Waals surface area contributed by atoms with E-state index in [9.17, 15) is 4.79 Å². The molecule has 0 bridgehead atoms. The van der Waals surface area contributed by atoms with Crippen LogP contribution >= 0.6 is 0 Å². The van der Waals surface area contributed by atoms with Crippen LogP contribution in [0.25, 0.3) is 0 Å². The molecular weight excluding hydrogens is 272 g/mol. The molecule has 1 aromatic carbocycles. The zero-order chi connectivity index (χ0) is 15.2. The van der Waals surface area contributed by atoms with Crippen molar-refractivity contribution in [3.05, 3.63) is 35.4 Å². The lowest BCUT2D eigenvalue weighted by Gasteiger charge is -2.39. The van der Waals surface area contributed by atoms with Crippen LogP contribution in [-0.4, -0.2) is 37.0 Å². The van der Waals surface area contributed by atoms with Gasteiger partial charge in [-0.05, 0) is 61.6 Å². The summed E-state index contributed by atoms with van der Waals surface area (Å²) in [7, 11) is 0. The Morgan fingerprint density at radius 2 is 2.00 bits per heavy atom. The minimum Gasteiger partial charge on any atom is -0.342 e. The minimum atomic E-state index is 0.247. The Labute approximate surface area is 133 Å². The van der Waals surface area contributed by atoms with Gasteiger partial charge in [0.25, 0.3) is 0 Å². The van der Waals surface area contributed by atoms with Gasteiger partial charge in [0.15, 0.2) is 0 Å². The Morgan fingerprint density at radius 1 is 1.23 bits per heavy atom. The van der Waals surface area contributed by atoms with Crippen molar-refractivity contribution in [3.63, 3.8) is 0 Å². The third-order valence-corrected chi connectivity index (χ3v) is 6.16. The van der Waals surface area contributed by atoms with Gasteiger partial charge in [-0.15, -0.1) is 0 Å². The van der Waals surface area contributed by atoms with Gasteiger partial charge >= 0.3 is 0 Å². The van der Waals surface area contributed by atoms with Crippen LogP contribution in [-0.2, 0) is 4.79 Å². The molecule has 1 N–H and O–H groups in total. The quantitative estimate of drug-likeness (QED) is 0.910. The summed E-state index contributed by atoms with van der Waals surface area (Å²) >= 11 is 0. The lowest BCUT2D eigenvalue weighted by Crippen LogP contribution is -2.44. The molecule has 1 amide bonds. The lowest BCUT2D eigenvalue weighted by molar-refractivity contribution is -0.134. The molecule has 1 spiro atoms. The highest BCUT2D eigenvalue weighted by Gasteiger charge is 2.47. The van der Waals surface area contributed by atoms with E-state index in [-0.39, 0.29) is 5.92 Å². The number of hydrogen-bond acceptors (Lipinski definition) is 2. The van der Waals surface area contributed by atoms with Gasteiger partial charge in [-0.1, -0.05) is 24.3 Å². The summed E-state index contributed by atoms with van der Waals surface area (Å²) < 4.78 is 0. The highest BCUT2D eigenvalue weighted by atomic mass is 16.2. The first-order valence-corrected chi connectivity index (χ1v) is 8.74. The Kier molecular flexibility index (Phi) is 3.48. The molecule has 2 unspecified atom stereocenters. The molecule has 22 heavy (non-hydrogen) atoms. The van der Waals surface area contributed by atoms with Gasteiger partial charge in [0, 0.05) is 25.6 Å². The van der Waals surface area contributed by atoms with Gasteiger partial charge in [0.2, 0.25) is 5.91 Å². The zero-order valence-corrected chi connectivity index (χ0v) is 13.5. The van der Waals surface area contributed by atoms with Crippen LogP contribution in [0.1, 0.15) is 42.7 Å². The molecule has 2 heterocycles. The van der Waals surface area contributed by atoms with E-state index in [0.29, 0.717) is 17.2 Å². The van der Waals surface area contributed by atoms with Gasteiger partial charge in [-0.2, -0.15) is 0 Å². The second-order valence-electron chi connectivity index (χ2n) is 7.56. The van der Waals surface area contributed by atoms with Gasteiger partial charge in [-0.25, -0.2) is 0 Å². The van der Waals surface area contributed by atoms with Crippen LogP contribution in [0.15, 0.2) is 24.3 Å². The van der Waals surface area contributed by atoms with E-state index in [1.807, 2.05) is 0 Å². The summed E-state index contributed by atoms with van der Waals surface area (Å²) in [6.45, 7) is 6.41. The van der Waals surface area contributed by atoms with Crippen molar-refractivity contribution in [1.82, 2.24) is 10.2 Å². The molecule has 3 aliphatic rings. The molecule has 3 heteroatoms. The minimum absolute atomic E-state index is 0.247. The molecule has 1 saturated carbocycles. The van der Waals surface area contributed by atoms with E-state index < -0.39 is 0 Å². The summed E-state index contributed by atoms with van der Waals surface area (Å²) in [6, 6.07) is 8.54. The summed E-state index contributed by atoms with van der Waals surface area (Å²) in [5.41, 5.74) is 3.21. The second-order valence-corrected chi connectivity index (χ2v) is 7.56. The number of nitrogens with zero attached hydrogens (tertiary/aromatic N) is 1. The Balaban J connectivity index is 1.37. The maximum Gasteiger partial charge on any atom is 0.226 e. The van der Waals surface area contributed by atoms with Crippen LogP contribution in [0.4, 0.5) is 0 Å². The monoisotopic (exact) mass is 298 g/mol. The predicted molar refractivity (Wildman–Crippen MR) is 87.8 cm³/mol. The van der Waals surface area contributed by atoms with Crippen molar-refractivity contribution in [3.8, 4) is 0 Å². The fourth-order valence-corrected chi connectivity index (χ4v) is 4.47. The number of piperidine rings is 1. The maximum atomic E-state index is 12.8. The number of carbonyl (C=O) groups is 1. The van der Waals surface area contributed by atoms with Crippen LogP contribution < -0.4 is 5.32 Å². The molecular formula is C19H26N2O. The fourth-order valence-electron chi connectivity index (χ4n) is 4.47. The summed E-state index contributed by atoms with van der Waals surface area (Å²) in [5, 5.41) is 3.49. The Morgan fingerprint density at radius 3 is 2.68 bits per heavy atom. The molecule has 0 radical (unpaired) electrons. The third-order valence-electron chi connectivity index (χ3n) is 6.16. The van der Waals surface area contributed by atoms with Crippen molar-refractivity contribution >= 4 is 5.91 Å². The summed E-state index contributed by atoms with van der Waals surface area (Å²) in [5.74, 6) is 1.13. The van der Waals surface area contributed by atoms with E-state index >= 15 is 0 Å². The number of amides is 1. The van der Waals surface area contributed by atoms with Crippen molar-refractivity contribution in [2.75, 3.05) is 26.2 Å². The SMILES string of the molecule is Cc1ccccc1C1CC1C(=O)N1CCC2(CCNC2)CC1. The topological polar surface area (TPSA) is 32.3 Å². The molecule has 3 nitrogen and oxygen atoms in total. The molecule has 118 valence electrons. The van der Waals surface area contributed by atoms with Crippen LogP contribution in [0, 0.1) is 18.3 Å². The van der Waals surface area contributed by atoms with Crippen LogP contribution in [0.5, 0.6) is 0 Å². The van der Waals surface area contributed by atoms with Gasteiger partial charge < -0.3 is 10.2 Å². The zero-order valence-electron chi connectivity index (χ0n) is 13.5. The molecule has 1 aromatic rings. The molecule has 1 aliphatic carbocycles. The van der Waals surface area contributed by atoms with Gasteiger partial charge in [0.1, 0.15) is 0 Å². The first kappa shape index (κ1) is 14.3. The van der Waals surface area contributed by atoms with Crippen molar-refractivity contribution in [2.45, 2.75) is 38.5 Å². The average molecular weight is 298 g/mol. The predicted octanol–water partition coefficient (Wildman–Crippen LogP) is 2.70. The third kappa shape index (κ3) is 2.45. The van der Waals surface area contributed by atoms with Gasteiger partial charge in [-0.3, -0.25) is 4.79 Å². The highest BCUT2D eigenvalue weighted by molar-refractivity contribution is 5.83. The van der Waals surface area contributed by atoms with E-state index in [0.717, 1.165) is 32.6 Å². The number of rotatable bonds is 2.